The van der Waals surface area contributed by atoms with Gasteiger partial charge in [-0.3, -0.25) is 4.79 Å². The molecule has 27 heavy (non-hydrogen) atoms. The molecule has 1 heterocycles. The predicted octanol–water partition coefficient (Wildman–Crippen LogP) is 5.70. The van der Waals surface area contributed by atoms with E-state index >= 15 is 0 Å². The molecule has 0 atom stereocenters. The van der Waals surface area contributed by atoms with Crippen molar-refractivity contribution in [3.05, 3.63) is 84.7 Å². The number of halogens is 1. The lowest BCUT2D eigenvalue weighted by Gasteiger charge is -2.06. The molecule has 0 unspecified atom stereocenters. The molecule has 5 heteroatoms. The highest BCUT2D eigenvalue weighted by Gasteiger charge is 2.06. The zero-order valence-corrected chi connectivity index (χ0v) is 15.2. The molecule has 0 fully saturated rings. The van der Waals surface area contributed by atoms with E-state index in [0.29, 0.717) is 5.75 Å². The third-order valence-corrected chi connectivity index (χ3v) is 5.19. The van der Waals surface area contributed by atoms with E-state index in [0.717, 1.165) is 32.7 Å². The number of carbonyl (C=O) groups excluding carboxylic acids is 1. The number of hydrogen-bond acceptors (Lipinski definition) is 2. The Morgan fingerprint density at radius 3 is 2.52 bits per heavy atom. The van der Waals surface area contributed by atoms with E-state index in [2.05, 4.69) is 10.3 Å². The highest BCUT2D eigenvalue weighted by atomic mass is 32.2. The van der Waals surface area contributed by atoms with Gasteiger partial charge in [0.25, 0.3) is 0 Å². The van der Waals surface area contributed by atoms with Crippen LogP contribution in [0, 0.1) is 5.82 Å². The number of aromatic amines is 1. The van der Waals surface area contributed by atoms with Crippen LogP contribution in [0.15, 0.2) is 83.8 Å². The first kappa shape index (κ1) is 17.4. The van der Waals surface area contributed by atoms with Gasteiger partial charge < -0.3 is 10.3 Å². The first-order valence-corrected chi connectivity index (χ1v) is 9.52. The fourth-order valence-electron chi connectivity index (χ4n) is 2.85. The molecule has 0 bridgehead atoms. The summed E-state index contributed by atoms with van der Waals surface area (Å²) >= 11 is 1.50. The second-order valence-electron chi connectivity index (χ2n) is 6.14. The number of carbonyl (C=O) groups is 1. The summed E-state index contributed by atoms with van der Waals surface area (Å²) in [6.45, 7) is 0. The summed E-state index contributed by atoms with van der Waals surface area (Å²) in [4.78, 5) is 16.5. The number of nitrogens with one attached hydrogen (secondary N) is 2. The van der Waals surface area contributed by atoms with Crippen molar-refractivity contribution in [3.8, 4) is 11.3 Å². The predicted molar refractivity (Wildman–Crippen MR) is 109 cm³/mol. The molecule has 4 rings (SSSR count). The Balaban J connectivity index is 1.41. The molecular weight excluding hydrogens is 359 g/mol. The molecule has 0 radical (unpaired) electrons. The molecule has 2 N–H and O–H groups in total. The van der Waals surface area contributed by atoms with Gasteiger partial charge in [0.1, 0.15) is 5.82 Å². The number of thioether (sulfide) groups is 1. The minimum Gasteiger partial charge on any atom is -0.355 e. The summed E-state index contributed by atoms with van der Waals surface area (Å²) in [5.74, 6) is 0.0662. The van der Waals surface area contributed by atoms with E-state index < -0.39 is 0 Å². The van der Waals surface area contributed by atoms with Crippen molar-refractivity contribution >= 4 is 34.3 Å². The van der Waals surface area contributed by atoms with Gasteiger partial charge in [-0.1, -0.05) is 30.3 Å². The summed E-state index contributed by atoms with van der Waals surface area (Å²) in [6, 6.07) is 24.0. The van der Waals surface area contributed by atoms with Gasteiger partial charge in [-0.2, -0.15) is 0 Å². The number of fused-ring (bicyclic) bond motifs is 1. The Bertz CT molecular complexity index is 1070. The van der Waals surface area contributed by atoms with Crippen LogP contribution in [0.1, 0.15) is 0 Å². The molecule has 134 valence electrons. The monoisotopic (exact) mass is 376 g/mol. The summed E-state index contributed by atoms with van der Waals surface area (Å²) in [7, 11) is 0. The molecule has 0 spiro atoms. The number of aromatic nitrogens is 1. The molecule has 0 aliphatic heterocycles. The van der Waals surface area contributed by atoms with Gasteiger partial charge >= 0.3 is 0 Å². The first-order valence-electron chi connectivity index (χ1n) is 8.54. The molecule has 0 aliphatic rings. The van der Waals surface area contributed by atoms with Crippen LogP contribution in [0.3, 0.4) is 0 Å². The number of rotatable bonds is 5. The molecule has 3 aromatic carbocycles. The molecule has 4 aromatic rings. The van der Waals surface area contributed by atoms with Crippen molar-refractivity contribution in [1.29, 1.82) is 0 Å². The van der Waals surface area contributed by atoms with Crippen LogP contribution in [0.25, 0.3) is 22.2 Å². The third-order valence-electron chi connectivity index (χ3n) is 4.18. The maximum atomic E-state index is 13.3. The van der Waals surface area contributed by atoms with Crippen LogP contribution in [0.2, 0.25) is 0 Å². The van der Waals surface area contributed by atoms with Gasteiger partial charge in [0.15, 0.2) is 0 Å². The average Bonchev–Trinajstić information content (AvgIpc) is 3.11. The van der Waals surface area contributed by atoms with Gasteiger partial charge in [-0.15, -0.1) is 11.8 Å². The van der Waals surface area contributed by atoms with E-state index in [1.807, 2.05) is 60.7 Å². The van der Waals surface area contributed by atoms with Crippen molar-refractivity contribution < 1.29 is 9.18 Å². The number of hydrogen-bond donors (Lipinski definition) is 2. The van der Waals surface area contributed by atoms with E-state index in [1.54, 1.807) is 6.07 Å². The standard InChI is InChI=1S/C22H17FN2OS/c23-17-8-11-20-16(12-17)13-21(25-20)15-6-9-18(10-7-15)24-22(26)14-27-19-4-2-1-3-5-19/h1-13,25H,14H2,(H,24,26). The Hall–Kier alpha value is -3.05. The SMILES string of the molecule is O=C(CSc1ccccc1)Nc1ccc(-c2cc3cc(F)ccc3[nH]2)cc1. The number of anilines is 1. The zero-order chi connectivity index (χ0) is 18.6. The summed E-state index contributed by atoms with van der Waals surface area (Å²) in [6.07, 6.45) is 0. The van der Waals surface area contributed by atoms with Crippen molar-refractivity contribution in [1.82, 2.24) is 4.98 Å². The quantitative estimate of drug-likeness (QED) is 0.439. The minimum absolute atomic E-state index is 0.0438. The number of amides is 1. The van der Waals surface area contributed by atoms with E-state index in [-0.39, 0.29) is 11.7 Å². The van der Waals surface area contributed by atoms with Crippen LogP contribution >= 0.6 is 11.8 Å². The molecule has 0 aliphatic carbocycles. The van der Waals surface area contributed by atoms with Crippen molar-refractivity contribution in [2.24, 2.45) is 0 Å². The van der Waals surface area contributed by atoms with Gasteiger partial charge in [0.2, 0.25) is 5.91 Å². The van der Waals surface area contributed by atoms with Crippen LogP contribution in [0.5, 0.6) is 0 Å². The fraction of sp³-hybridized carbons (Fsp3) is 0.0455. The smallest absolute Gasteiger partial charge is 0.234 e. The van der Waals surface area contributed by atoms with E-state index in [9.17, 15) is 9.18 Å². The average molecular weight is 376 g/mol. The fourth-order valence-corrected chi connectivity index (χ4v) is 3.57. The molecule has 0 saturated heterocycles. The molecule has 3 nitrogen and oxygen atoms in total. The number of benzene rings is 3. The normalized spacial score (nSPS) is 10.9. The molecule has 1 amide bonds. The lowest BCUT2D eigenvalue weighted by molar-refractivity contribution is -0.113. The molecule has 0 saturated carbocycles. The van der Waals surface area contributed by atoms with E-state index in [4.69, 9.17) is 0 Å². The summed E-state index contributed by atoms with van der Waals surface area (Å²) < 4.78 is 13.3. The van der Waals surface area contributed by atoms with Gasteiger partial charge in [-0.05, 0) is 54.1 Å². The van der Waals surface area contributed by atoms with Crippen LogP contribution in [0.4, 0.5) is 10.1 Å². The highest BCUT2D eigenvalue weighted by molar-refractivity contribution is 8.00. The molecular formula is C22H17FN2OS. The van der Waals surface area contributed by atoms with E-state index in [1.165, 1.54) is 23.9 Å². The largest absolute Gasteiger partial charge is 0.355 e. The zero-order valence-electron chi connectivity index (χ0n) is 14.4. The summed E-state index contributed by atoms with van der Waals surface area (Å²) in [5.41, 5.74) is 3.53. The van der Waals surface area contributed by atoms with Crippen molar-refractivity contribution in [3.63, 3.8) is 0 Å². The van der Waals surface area contributed by atoms with Crippen LogP contribution in [-0.4, -0.2) is 16.6 Å². The number of H-pyrrole nitrogens is 1. The summed E-state index contributed by atoms with van der Waals surface area (Å²) in [5, 5.41) is 3.74. The maximum Gasteiger partial charge on any atom is 0.234 e. The Morgan fingerprint density at radius 2 is 1.74 bits per heavy atom. The van der Waals surface area contributed by atoms with Crippen molar-refractivity contribution in [2.75, 3.05) is 11.1 Å². The van der Waals surface area contributed by atoms with Crippen LogP contribution in [-0.2, 0) is 4.79 Å². The Morgan fingerprint density at radius 1 is 0.963 bits per heavy atom. The van der Waals surface area contributed by atoms with Crippen molar-refractivity contribution in [2.45, 2.75) is 4.90 Å². The Kier molecular flexibility index (Phi) is 4.94. The lowest BCUT2D eigenvalue weighted by atomic mass is 10.1. The van der Waals surface area contributed by atoms with Crippen LogP contribution < -0.4 is 5.32 Å². The minimum atomic E-state index is -0.250. The maximum absolute atomic E-state index is 13.3. The second kappa shape index (κ2) is 7.68. The van der Waals surface area contributed by atoms with Gasteiger partial charge in [0, 0.05) is 27.2 Å². The first-order chi connectivity index (χ1) is 13.2. The lowest BCUT2D eigenvalue weighted by Crippen LogP contribution is -2.13. The van der Waals surface area contributed by atoms with Gasteiger partial charge in [0.05, 0.1) is 5.75 Å². The van der Waals surface area contributed by atoms with Gasteiger partial charge in [-0.25, -0.2) is 4.39 Å². The topological polar surface area (TPSA) is 44.9 Å². The second-order valence-corrected chi connectivity index (χ2v) is 7.19. The highest BCUT2D eigenvalue weighted by Crippen LogP contribution is 2.26. The Labute approximate surface area is 160 Å². The molecule has 1 aromatic heterocycles. The third kappa shape index (κ3) is 4.20.